The second-order valence-corrected chi connectivity index (χ2v) is 15.4. The third-order valence-corrected chi connectivity index (χ3v) is 9.19. The molecule has 0 spiro atoms. The second-order valence-electron chi connectivity index (χ2n) is 15.4. The molecule has 2 fully saturated rings. The van der Waals surface area contributed by atoms with Gasteiger partial charge >= 0.3 is 65.7 Å². The van der Waals surface area contributed by atoms with Gasteiger partial charge in [0.15, 0.2) is 55.3 Å². The van der Waals surface area contributed by atoms with E-state index in [9.17, 15) is 57.5 Å². The fourth-order valence-electron chi connectivity index (χ4n) is 6.99. The Balaban J connectivity index is 3.07. The molecule has 28 heteroatoms. The van der Waals surface area contributed by atoms with Gasteiger partial charge in [-0.05, 0) is 0 Å². The number of rotatable bonds is 23. The standard InChI is InChI=1S/C42H59NO27/c1-17(44)43-33-38(64-26(10)53)36(63-25(9)52)31(15-58-20(4)47)67-41(33)69-37-32(16-59-21(5)48)68-42(40(66-28(12)55)39(37)65-27(11)54)70-35(30(61-23(7)50)14-57-19(3)46)34(62-24(8)51)29(60-22(6)49)13-56-18(2)45/h29-42H,13-16H2,1-12H3,(H,43,44)/t29-,30+,31+,32+,33+,34+,35+,36-,37-,38+,39-,40+,41-,42-/m0/s1. The van der Waals surface area contributed by atoms with Crippen molar-refractivity contribution in [1.82, 2.24) is 5.32 Å². The first kappa shape index (κ1) is 59.6. The number of hydrogen-bond donors (Lipinski definition) is 1. The number of hydrogen-bond acceptors (Lipinski definition) is 27. The Morgan fingerprint density at radius 1 is 0.400 bits per heavy atom. The molecule has 394 valence electrons. The van der Waals surface area contributed by atoms with Crippen LogP contribution in [0.15, 0.2) is 0 Å². The van der Waals surface area contributed by atoms with Crippen molar-refractivity contribution in [1.29, 1.82) is 0 Å². The van der Waals surface area contributed by atoms with Crippen LogP contribution in [0.25, 0.3) is 0 Å². The maximum absolute atomic E-state index is 13.1. The molecule has 2 rings (SSSR count). The summed E-state index contributed by atoms with van der Waals surface area (Å²) in [5.41, 5.74) is 0. The van der Waals surface area contributed by atoms with Crippen molar-refractivity contribution in [2.75, 3.05) is 26.4 Å². The summed E-state index contributed by atoms with van der Waals surface area (Å²) in [6.07, 6.45) is -24.6. The minimum Gasteiger partial charge on any atom is -0.463 e. The first-order valence-corrected chi connectivity index (χ1v) is 21.2. The van der Waals surface area contributed by atoms with Crippen LogP contribution in [0.5, 0.6) is 0 Å². The lowest BCUT2D eigenvalue weighted by atomic mass is 9.94. The molecular weight excluding hydrogens is 950 g/mol. The molecule has 0 aromatic heterocycles. The maximum atomic E-state index is 13.1. The zero-order valence-electron chi connectivity index (χ0n) is 40.4. The molecule has 14 atom stereocenters. The molecule has 0 aromatic rings. The lowest BCUT2D eigenvalue weighted by Crippen LogP contribution is -2.70. The van der Waals surface area contributed by atoms with Gasteiger partial charge in [-0.25, -0.2) is 0 Å². The quantitative estimate of drug-likeness (QED) is 0.0897. The van der Waals surface area contributed by atoms with Crippen LogP contribution in [0.1, 0.15) is 83.1 Å². The van der Waals surface area contributed by atoms with Gasteiger partial charge < -0.3 is 76.4 Å². The van der Waals surface area contributed by atoms with E-state index in [2.05, 4.69) is 5.32 Å². The second kappa shape index (κ2) is 28.2. The molecule has 1 amide bonds. The molecule has 0 saturated carbocycles. The molecule has 0 radical (unpaired) electrons. The van der Waals surface area contributed by atoms with Gasteiger partial charge in [0.05, 0.1) is 0 Å². The van der Waals surface area contributed by atoms with E-state index in [0.29, 0.717) is 0 Å². The lowest BCUT2D eigenvalue weighted by Gasteiger charge is -2.49. The highest BCUT2D eigenvalue weighted by Gasteiger charge is 2.58. The molecule has 2 saturated heterocycles. The minimum atomic E-state index is -2.18. The van der Waals surface area contributed by atoms with Gasteiger partial charge in [-0.1, -0.05) is 0 Å². The molecule has 70 heavy (non-hydrogen) atoms. The largest absolute Gasteiger partial charge is 0.463 e. The van der Waals surface area contributed by atoms with Gasteiger partial charge in [-0.2, -0.15) is 0 Å². The summed E-state index contributed by atoms with van der Waals surface area (Å²) in [7, 11) is 0. The SMILES string of the molecule is CC(=O)N[C@H]1[C@H](O[C@@H]2[C@H](OC(C)=O)[C@@H](OC(C)=O)[C@H](O[C@@H]([C@H](OC(C)=O)[C@H](COC(C)=O)OC(C)=O)[C@@H](COC(C)=O)OC(C)=O)O[C@@H]2COC(C)=O)O[C@H](COC(C)=O)[C@H](OC(C)=O)[C@@H]1OC(C)=O. The highest BCUT2D eigenvalue weighted by molar-refractivity contribution is 5.74. The third-order valence-electron chi connectivity index (χ3n) is 9.19. The zero-order chi connectivity index (χ0) is 53.2. The lowest BCUT2D eigenvalue weighted by molar-refractivity contribution is -0.360. The number of carbonyl (C=O) groups excluding carboxylic acids is 12. The van der Waals surface area contributed by atoms with E-state index in [4.69, 9.17) is 71.1 Å². The Morgan fingerprint density at radius 3 is 1.20 bits per heavy atom. The Hall–Kier alpha value is -6.52. The Labute approximate surface area is 400 Å². The van der Waals surface area contributed by atoms with Gasteiger partial charge in [0.25, 0.3) is 0 Å². The number of ether oxygens (including phenoxy) is 15. The average Bonchev–Trinajstić information content (AvgIpc) is 3.20. The van der Waals surface area contributed by atoms with E-state index in [1.807, 2.05) is 0 Å². The van der Waals surface area contributed by atoms with Gasteiger partial charge in [-0.15, -0.1) is 0 Å². The predicted octanol–water partition coefficient (Wildman–Crippen LogP) is -1.51. The molecule has 2 aliphatic rings. The third kappa shape index (κ3) is 20.2. The van der Waals surface area contributed by atoms with Crippen LogP contribution in [0.3, 0.4) is 0 Å². The smallest absolute Gasteiger partial charge is 0.303 e. The Kier molecular flexibility index (Phi) is 24.0. The van der Waals surface area contributed by atoms with Gasteiger partial charge in [0.1, 0.15) is 56.9 Å². The van der Waals surface area contributed by atoms with Crippen molar-refractivity contribution in [2.24, 2.45) is 0 Å². The van der Waals surface area contributed by atoms with E-state index in [-0.39, 0.29) is 0 Å². The molecule has 2 heterocycles. The fraction of sp³-hybridized carbons (Fsp3) is 0.714. The summed E-state index contributed by atoms with van der Waals surface area (Å²) >= 11 is 0. The van der Waals surface area contributed by atoms with Crippen LogP contribution < -0.4 is 5.32 Å². The van der Waals surface area contributed by atoms with Crippen molar-refractivity contribution in [3.05, 3.63) is 0 Å². The topological polar surface area (TPSA) is 355 Å². The number of esters is 11. The molecule has 2 aliphatic heterocycles. The summed E-state index contributed by atoms with van der Waals surface area (Å²) in [6.45, 7) is 8.30. The van der Waals surface area contributed by atoms with E-state index >= 15 is 0 Å². The number of nitrogens with one attached hydrogen (secondary N) is 1. The molecule has 0 bridgehead atoms. The maximum Gasteiger partial charge on any atom is 0.303 e. The monoisotopic (exact) mass is 1010 g/mol. The van der Waals surface area contributed by atoms with Crippen molar-refractivity contribution < 1.29 is 129 Å². The van der Waals surface area contributed by atoms with Crippen molar-refractivity contribution in [2.45, 2.75) is 169 Å². The summed E-state index contributed by atoms with van der Waals surface area (Å²) in [4.78, 5) is 150. The zero-order valence-corrected chi connectivity index (χ0v) is 40.4. The average molecular weight is 1010 g/mol. The first-order chi connectivity index (χ1) is 32.6. The Bertz CT molecular complexity index is 1920. The van der Waals surface area contributed by atoms with Crippen molar-refractivity contribution >= 4 is 71.6 Å². The summed E-state index contributed by atoms with van der Waals surface area (Å²) in [5, 5.41) is 2.49. The summed E-state index contributed by atoms with van der Waals surface area (Å²) in [6, 6.07) is -1.66. The van der Waals surface area contributed by atoms with Crippen LogP contribution in [-0.2, 0) is 129 Å². The van der Waals surface area contributed by atoms with Gasteiger partial charge in [0, 0.05) is 83.1 Å². The van der Waals surface area contributed by atoms with Crippen LogP contribution in [-0.4, -0.2) is 184 Å². The number of amides is 1. The highest BCUT2D eigenvalue weighted by atomic mass is 16.8. The van der Waals surface area contributed by atoms with Crippen LogP contribution in [0.2, 0.25) is 0 Å². The molecule has 1 N–H and O–H groups in total. The molecule has 0 aliphatic carbocycles. The van der Waals surface area contributed by atoms with E-state index < -0.39 is 184 Å². The minimum absolute atomic E-state index is 0.692. The number of carbonyl (C=O) groups is 12. The summed E-state index contributed by atoms with van der Waals surface area (Å²) in [5.74, 6) is -11.8. The normalized spacial score (nSPS) is 25.5. The fourth-order valence-corrected chi connectivity index (χ4v) is 6.99. The van der Waals surface area contributed by atoms with E-state index in [1.54, 1.807) is 0 Å². The van der Waals surface area contributed by atoms with Gasteiger partial charge in [0.2, 0.25) is 5.91 Å². The molecule has 28 nitrogen and oxygen atoms in total. The van der Waals surface area contributed by atoms with Crippen LogP contribution in [0, 0.1) is 0 Å². The van der Waals surface area contributed by atoms with E-state index in [0.717, 1.165) is 83.1 Å². The molecular formula is C42H59NO27. The summed E-state index contributed by atoms with van der Waals surface area (Å²) < 4.78 is 84.7. The van der Waals surface area contributed by atoms with Gasteiger partial charge in [-0.3, -0.25) is 57.5 Å². The van der Waals surface area contributed by atoms with Crippen molar-refractivity contribution in [3.8, 4) is 0 Å². The predicted molar refractivity (Wildman–Crippen MR) is 220 cm³/mol. The highest BCUT2D eigenvalue weighted by Crippen LogP contribution is 2.36. The molecule has 0 aromatic carbocycles. The molecule has 0 unspecified atom stereocenters. The van der Waals surface area contributed by atoms with Crippen LogP contribution >= 0.6 is 0 Å². The van der Waals surface area contributed by atoms with E-state index in [1.165, 1.54) is 0 Å². The Morgan fingerprint density at radius 2 is 0.786 bits per heavy atom. The first-order valence-electron chi connectivity index (χ1n) is 21.2. The van der Waals surface area contributed by atoms with Crippen LogP contribution in [0.4, 0.5) is 0 Å². The van der Waals surface area contributed by atoms with Crippen molar-refractivity contribution in [3.63, 3.8) is 0 Å².